The van der Waals surface area contributed by atoms with E-state index in [1.807, 2.05) is 31.2 Å². The highest BCUT2D eigenvalue weighted by Crippen LogP contribution is 2.20. The van der Waals surface area contributed by atoms with Crippen LogP contribution in [0, 0.1) is 5.82 Å². The molecule has 0 bridgehead atoms. The first-order valence-corrected chi connectivity index (χ1v) is 6.51. The van der Waals surface area contributed by atoms with Gasteiger partial charge in [-0.1, -0.05) is 12.1 Å². The lowest BCUT2D eigenvalue weighted by Crippen LogP contribution is -2.27. The zero-order valence-electron chi connectivity index (χ0n) is 11.9. The van der Waals surface area contributed by atoms with Gasteiger partial charge in [0.25, 0.3) is 5.91 Å². The van der Waals surface area contributed by atoms with E-state index < -0.39 is 11.7 Å². The Hall–Kier alpha value is -2.56. The smallest absolute Gasteiger partial charge is 0.253 e. The molecule has 3 N–H and O–H groups in total. The molecule has 4 nitrogen and oxygen atoms in total. The van der Waals surface area contributed by atoms with E-state index >= 15 is 0 Å². The molecule has 2 aromatic rings. The van der Waals surface area contributed by atoms with Gasteiger partial charge in [-0.2, -0.15) is 0 Å². The van der Waals surface area contributed by atoms with Gasteiger partial charge in [-0.15, -0.1) is 0 Å². The van der Waals surface area contributed by atoms with Crippen LogP contribution in [0.15, 0.2) is 42.5 Å². The number of anilines is 1. The Balaban J connectivity index is 2.16. The minimum Gasteiger partial charge on any atom is -0.497 e. The van der Waals surface area contributed by atoms with Crippen LogP contribution >= 0.6 is 0 Å². The highest BCUT2D eigenvalue weighted by atomic mass is 19.1. The molecule has 0 radical (unpaired) electrons. The van der Waals surface area contributed by atoms with E-state index in [0.717, 1.165) is 11.6 Å². The van der Waals surface area contributed by atoms with E-state index in [-0.39, 0.29) is 17.3 Å². The first-order valence-electron chi connectivity index (χ1n) is 6.51. The highest BCUT2D eigenvalue weighted by Gasteiger charge is 2.15. The highest BCUT2D eigenvalue weighted by molar-refractivity contribution is 5.99. The van der Waals surface area contributed by atoms with Crippen molar-refractivity contribution in [3.63, 3.8) is 0 Å². The van der Waals surface area contributed by atoms with Crippen LogP contribution in [-0.2, 0) is 0 Å². The second kappa shape index (κ2) is 6.26. The third kappa shape index (κ3) is 3.51. The average Bonchev–Trinajstić information content (AvgIpc) is 2.49. The van der Waals surface area contributed by atoms with Gasteiger partial charge in [0.05, 0.1) is 18.7 Å². The number of nitrogens with one attached hydrogen (secondary N) is 1. The zero-order valence-corrected chi connectivity index (χ0v) is 11.9. The van der Waals surface area contributed by atoms with Crippen LogP contribution in [-0.4, -0.2) is 13.0 Å². The average molecular weight is 288 g/mol. The fraction of sp³-hybridized carbons (Fsp3) is 0.188. The first-order chi connectivity index (χ1) is 10.0. The number of nitrogens with two attached hydrogens (primary N) is 1. The van der Waals surface area contributed by atoms with E-state index in [4.69, 9.17) is 10.5 Å². The summed E-state index contributed by atoms with van der Waals surface area (Å²) in [4.78, 5) is 12.2. The first kappa shape index (κ1) is 14.8. The lowest BCUT2D eigenvalue weighted by molar-refractivity contribution is 0.0940. The summed E-state index contributed by atoms with van der Waals surface area (Å²) >= 11 is 0. The predicted octanol–water partition coefficient (Wildman–Crippen LogP) is 2.91. The monoisotopic (exact) mass is 288 g/mol. The summed E-state index contributed by atoms with van der Waals surface area (Å²) in [5.41, 5.74) is 6.96. The van der Waals surface area contributed by atoms with Crippen molar-refractivity contribution in [2.75, 3.05) is 12.8 Å². The van der Waals surface area contributed by atoms with E-state index in [1.165, 1.54) is 12.1 Å². The quantitative estimate of drug-likeness (QED) is 0.850. The van der Waals surface area contributed by atoms with Crippen LogP contribution < -0.4 is 15.8 Å². The third-order valence-corrected chi connectivity index (χ3v) is 3.20. The minimum atomic E-state index is -0.497. The number of ether oxygens (including phenoxy) is 1. The summed E-state index contributed by atoms with van der Waals surface area (Å²) < 4.78 is 18.4. The topological polar surface area (TPSA) is 64.3 Å². The molecule has 21 heavy (non-hydrogen) atoms. The molecule has 2 rings (SSSR count). The maximum Gasteiger partial charge on any atom is 0.253 e. The number of carbonyl (C=O) groups excluding carboxylic acids is 1. The molecule has 0 aliphatic heterocycles. The Morgan fingerprint density at radius 1 is 1.29 bits per heavy atom. The van der Waals surface area contributed by atoms with E-state index in [0.29, 0.717) is 5.75 Å². The van der Waals surface area contributed by atoms with Crippen molar-refractivity contribution in [3.05, 3.63) is 59.4 Å². The van der Waals surface area contributed by atoms with E-state index in [2.05, 4.69) is 5.32 Å². The Bertz CT molecular complexity index is 658. The second-order valence-corrected chi connectivity index (χ2v) is 4.70. The summed E-state index contributed by atoms with van der Waals surface area (Å²) in [7, 11) is 1.58. The van der Waals surface area contributed by atoms with Gasteiger partial charge in [0.1, 0.15) is 11.6 Å². The fourth-order valence-corrected chi connectivity index (χ4v) is 1.99. The number of hydrogen-bond acceptors (Lipinski definition) is 3. The van der Waals surface area contributed by atoms with Crippen LogP contribution in [0.2, 0.25) is 0 Å². The van der Waals surface area contributed by atoms with Crippen molar-refractivity contribution in [2.24, 2.45) is 0 Å². The molecule has 1 atom stereocenters. The Labute approximate surface area is 122 Å². The van der Waals surface area contributed by atoms with Crippen molar-refractivity contribution >= 4 is 11.6 Å². The van der Waals surface area contributed by atoms with E-state index in [9.17, 15) is 9.18 Å². The maximum atomic E-state index is 13.2. The Morgan fingerprint density at radius 2 is 2.05 bits per heavy atom. The van der Waals surface area contributed by atoms with Gasteiger partial charge in [0, 0.05) is 5.69 Å². The summed E-state index contributed by atoms with van der Waals surface area (Å²) in [5.74, 6) is -0.204. The lowest BCUT2D eigenvalue weighted by Gasteiger charge is -2.16. The van der Waals surface area contributed by atoms with Crippen molar-refractivity contribution in [2.45, 2.75) is 13.0 Å². The zero-order chi connectivity index (χ0) is 15.4. The normalized spacial score (nSPS) is 11.8. The molecular formula is C16H17FN2O2. The molecule has 5 heteroatoms. The molecule has 2 aromatic carbocycles. The van der Waals surface area contributed by atoms with Crippen molar-refractivity contribution < 1.29 is 13.9 Å². The molecule has 0 aliphatic rings. The van der Waals surface area contributed by atoms with Crippen LogP contribution in [0.1, 0.15) is 28.9 Å². The summed E-state index contributed by atoms with van der Waals surface area (Å²) in [6, 6.07) is 10.8. The molecule has 0 fully saturated rings. The van der Waals surface area contributed by atoms with Gasteiger partial charge in [-0.05, 0) is 42.8 Å². The molecule has 0 aromatic heterocycles. The van der Waals surface area contributed by atoms with Crippen LogP contribution in [0.5, 0.6) is 5.75 Å². The fourth-order valence-electron chi connectivity index (χ4n) is 1.99. The Kier molecular flexibility index (Phi) is 4.42. The van der Waals surface area contributed by atoms with Crippen LogP contribution in [0.25, 0.3) is 0 Å². The summed E-state index contributed by atoms with van der Waals surface area (Å²) in [6.45, 7) is 1.84. The molecule has 0 spiro atoms. The molecule has 110 valence electrons. The number of benzene rings is 2. The van der Waals surface area contributed by atoms with Gasteiger partial charge < -0.3 is 15.8 Å². The summed E-state index contributed by atoms with van der Waals surface area (Å²) in [5, 5.41) is 2.79. The molecular weight excluding hydrogens is 271 g/mol. The molecule has 0 aliphatic carbocycles. The van der Waals surface area contributed by atoms with Gasteiger partial charge in [-0.25, -0.2) is 4.39 Å². The standard InChI is InChI=1S/C16H17FN2O2/c1-10(11-4-3-5-13(8-11)21-2)19-16(20)14-9-12(17)6-7-15(14)18/h3-10H,18H2,1-2H3,(H,19,20)/t10-/m1/s1. The Morgan fingerprint density at radius 3 is 2.76 bits per heavy atom. The largest absolute Gasteiger partial charge is 0.497 e. The summed E-state index contributed by atoms with van der Waals surface area (Å²) in [6.07, 6.45) is 0. The number of carbonyl (C=O) groups is 1. The number of halogens is 1. The van der Waals surface area contributed by atoms with Crippen molar-refractivity contribution in [1.29, 1.82) is 0 Å². The lowest BCUT2D eigenvalue weighted by atomic mass is 10.1. The minimum absolute atomic E-state index is 0.129. The molecule has 0 heterocycles. The number of methoxy groups -OCH3 is 1. The van der Waals surface area contributed by atoms with Crippen molar-refractivity contribution in [3.8, 4) is 5.75 Å². The maximum absolute atomic E-state index is 13.2. The second-order valence-electron chi connectivity index (χ2n) is 4.70. The van der Waals surface area contributed by atoms with Crippen molar-refractivity contribution in [1.82, 2.24) is 5.32 Å². The SMILES string of the molecule is COc1cccc([C@@H](C)NC(=O)c2cc(F)ccc2N)c1. The number of amides is 1. The molecule has 0 saturated heterocycles. The van der Waals surface area contributed by atoms with Crippen LogP contribution in [0.3, 0.4) is 0 Å². The third-order valence-electron chi connectivity index (χ3n) is 3.20. The number of nitrogen functional groups attached to an aromatic ring is 1. The van der Waals surface area contributed by atoms with E-state index in [1.54, 1.807) is 7.11 Å². The number of rotatable bonds is 4. The number of hydrogen-bond donors (Lipinski definition) is 2. The van der Waals surface area contributed by atoms with Gasteiger partial charge in [0.2, 0.25) is 0 Å². The molecule has 1 amide bonds. The predicted molar refractivity (Wildman–Crippen MR) is 79.7 cm³/mol. The van der Waals surface area contributed by atoms with Gasteiger partial charge >= 0.3 is 0 Å². The van der Waals surface area contributed by atoms with Gasteiger partial charge in [0.15, 0.2) is 0 Å². The molecule has 0 unspecified atom stereocenters. The van der Waals surface area contributed by atoms with Gasteiger partial charge in [-0.3, -0.25) is 4.79 Å². The molecule has 0 saturated carbocycles. The van der Waals surface area contributed by atoms with Crippen LogP contribution in [0.4, 0.5) is 10.1 Å².